The predicted molar refractivity (Wildman–Crippen MR) is 71.8 cm³/mol. The Labute approximate surface area is 112 Å². The topological polar surface area (TPSA) is 55.6 Å². The van der Waals surface area contributed by atoms with Crippen LogP contribution in [0.15, 0.2) is 18.2 Å². The number of likely N-dealkylation sites (N-methyl/N-ethyl adjacent to an activating group) is 1. The van der Waals surface area contributed by atoms with E-state index in [-0.39, 0.29) is 12.0 Å². The van der Waals surface area contributed by atoms with Crippen molar-refractivity contribution >= 4 is 23.2 Å². The van der Waals surface area contributed by atoms with Crippen molar-refractivity contribution in [2.24, 2.45) is 0 Å². The van der Waals surface area contributed by atoms with Crippen LogP contribution in [-0.4, -0.2) is 37.1 Å². The SMILES string of the molecule is CN(CC1CCCO1)C(=O)c1cc(N)cc(Cl)c1. The summed E-state index contributed by atoms with van der Waals surface area (Å²) in [5.41, 5.74) is 6.69. The van der Waals surface area contributed by atoms with E-state index in [4.69, 9.17) is 22.1 Å². The lowest BCUT2D eigenvalue weighted by molar-refractivity contribution is 0.0587. The molecule has 4 nitrogen and oxygen atoms in total. The van der Waals surface area contributed by atoms with Crippen LogP contribution in [0.25, 0.3) is 0 Å². The zero-order valence-electron chi connectivity index (χ0n) is 10.4. The van der Waals surface area contributed by atoms with Crippen LogP contribution >= 0.6 is 11.6 Å². The number of carbonyl (C=O) groups excluding carboxylic acids is 1. The molecule has 2 rings (SSSR count). The molecule has 0 saturated carbocycles. The molecule has 0 spiro atoms. The average Bonchev–Trinajstić information content (AvgIpc) is 2.79. The van der Waals surface area contributed by atoms with Gasteiger partial charge in [0.1, 0.15) is 0 Å². The summed E-state index contributed by atoms with van der Waals surface area (Å²) in [6.07, 6.45) is 2.22. The van der Waals surface area contributed by atoms with Crippen molar-refractivity contribution in [3.63, 3.8) is 0 Å². The molecule has 18 heavy (non-hydrogen) atoms. The standard InChI is InChI=1S/C13H17ClN2O2/c1-16(8-12-3-2-4-18-12)13(17)9-5-10(14)7-11(15)6-9/h5-7,12H,2-4,8,15H2,1H3. The smallest absolute Gasteiger partial charge is 0.253 e. The number of nitrogen functional groups attached to an aromatic ring is 1. The van der Waals surface area contributed by atoms with Gasteiger partial charge in [-0.1, -0.05) is 11.6 Å². The molecule has 0 aliphatic carbocycles. The highest BCUT2D eigenvalue weighted by Gasteiger charge is 2.21. The van der Waals surface area contributed by atoms with Crippen LogP contribution in [-0.2, 0) is 4.74 Å². The zero-order valence-corrected chi connectivity index (χ0v) is 11.1. The second-order valence-corrected chi connectivity index (χ2v) is 5.03. The van der Waals surface area contributed by atoms with Crippen molar-refractivity contribution in [3.8, 4) is 0 Å². The number of anilines is 1. The number of hydrogen-bond donors (Lipinski definition) is 1. The Hall–Kier alpha value is -1.26. The largest absolute Gasteiger partial charge is 0.399 e. The first-order valence-corrected chi connectivity index (χ1v) is 6.37. The van der Waals surface area contributed by atoms with Crippen LogP contribution in [0.2, 0.25) is 5.02 Å². The number of nitrogens with two attached hydrogens (primary N) is 1. The van der Waals surface area contributed by atoms with Gasteiger partial charge in [-0.15, -0.1) is 0 Å². The van der Waals surface area contributed by atoms with E-state index in [1.165, 1.54) is 0 Å². The Morgan fingerprint density at radius 1 is 1.56 bits per heavy atom. The third-order valence-electron chi connectivity index (χ3n) is 3.02. The van der Waals surface area contributed by atoms with E-state index in [0.29, 0.717) is 22.8 Å². The summed E-state index contributed by atoms with van der Waals surface area (Å²) in [5.74, 6) is -0.0836. The number of rotatable bonds is 3. The molecule has 5 heteroatoms. The second kappa shape index (κ2) is 5.59. The third-order valence-corrected chi connectivity index (χ3v) is 3.23. The summed E-state index contributed by atoms with van der Waals surface area (Å²) in [6, 6.07) is 4.89. The summed E-state index contributed by atoms with van der Waals surface area (Å²) in [4.78, 5) is 13.8. The van der Waals surface area contributed by atoms with Gasteiger partial charge in [-0.05, 0) is 31.0 Å². The fourth-order valence-electron chi connectivity index (χ4n) is 2.13. The Kier molecular flexibility index (Phi) is 4.09. The Balaban J connectivity index is 2.04. The van der Waals surface area contributed by atoms with E-state index in [1.54, 1.807) is 30.1 Å². The van der Waals surface area contributed by atoms with Crippen molar-refractivity contribution < 1.29 is 9.53 Å². The van der Waals surface area contributed by atoms with Gasteiger partial charge in [0.05, 0.1) is 6.10 Å². The lowest BCUT2D eigenvalue weighted by Crippen LogP contribution is -2.34. The van der Waals surface area contributed by atoms with Crippen LogP contribution in [0.4, 0.5) is 5.69 Å². The molecular formula is C13H17ClN2O2. The van der Waals surface area contributed by atoms with Gasteiger partial charge in [-0.3, -0.25) is 4.79 Å². The molecular weight excluding hydrogens is 252 g/mol. The summed E-state index contributed by atoms with van der Waals surface area (Å²) in [5, 5.41) is 0.476. The van der Waals surface area contributed by atoms with Crippen LogP contribution in [0, 0.1) is 0 Å². The first-order chi connectivity index (χ1) is 8.56. The minimum absolute atomic E-state index is 0.0836. The molecule has 2 N–H and O–H groups in total. The summed E-state index contributed by atoms with van der Waals surface area (Å²) in [7, 11) is 1.76. The molecule has 1 atom stereocenters. The molecule has 1 aliphatic rings. The van der Waals surface area contributed by atoms with E-state index < -0.39 is 0 Å². The number of halogens is 1. The normalized spacial score (nSPS) is 18.9. The van der Waals surface area contributed by atoms with Crippen LogP contribution in [0.1, 0.15) is 23.2 Å². The Morgan fingerprint density at radius 3 is 2.94 bits per heavy atom. The quantitative estimate of drug-likeness (QED) is 0.855. The molecule has 0 bridgehead atoms. The molecule has 1 aromatic rings. The molecule has 1 aliphatic heterocycles. The minimum Gasteiger partial charge on any atom is -0.399 e. The summed E-state index contributed by atoms with van der Waals surface area (Å²) >= 11 is 5.89. The number of hydrogen-bond acceptors (Lipinski definition) is 3. The minimum atomic E-state index is -0.0836. The lowest BCUT2D eigenvalue weighted by Gasteiger charge is -2.21. The number of amides is 1. The van der Waals surface area contributed by atoms with Crippen LogP contribution < -0.4 is 5.73 Å². The molecule has 1 amide bonds. The van der Waals surface area contributed by atoms with Gasteiger partial charge in [0, 0.05) is 36.5 Å². The van der Waals surface area contributed by atoms with Gasteiger partial charge in [0.25, 0.3) is 5.91 Å². The molecule has 98 valence electrons. The Morgan fingerprint density at radius 2 is 2.33 bits per heavy atom. The third kappa shape index (κ3) is 3.15. The Bertz CT molecular complexity index is 424. The van der Waals surface area contributed by atoms with Gasteiger partial charge >= 0.3 is 0 Å². The van der Waals surface area contributed by atoms with Crippen LogP contribution in [0.5, 0.6) is 0 Å². The highest BCUT2D eigenvalue weighted by molar-refractivity contribution is 6.31. The van der Waals surface area contributed by atoms with E-state index in [2.05, 4.69) is 0 Å². The first-order valence-electron chi connectivity index (χ1n) is 5.99. The number of carbonyl (C=O) groups is 1. The highest BCUT2D eigenvalue weighted by atomic mass is 35.5. The van der Waals surface area contributed by atoms with Crippen molar-refractivity contribution in [3.05, 3.63) is 28.8 Å². The van der Waals surface area contributed by atoms with E-state index in [9.17, 15) is 4.79 Å². The van der Waals surface area contributed by atoms with Crippen LogP contribution in [0.3, 0.4) is 0 Å². The van der Waals surface area contributed by atoms with Gasteiger partial charge in [-0.25, -0.2) is 0 Å². The average molecular weight is 269 g/mol. The van der Waals surface area contributed by atoms with Gasteiger partial charge < -0.3 is 15.4 Å². The monoisotopic (exact) mass is 268 g/mol. The summed E-state index contributed by atoms with van der Waals surface area (Å²) < 4.78 is 5.51. The van der Waals surface area contributed by atoms with Crippen molar-refractivity contribution in [2.75, 3.05) is 25.9 Å². The van der Waals surface area contributed by atoms with Gasteiger partial charge in [0.15, 0.2) is 0 Å². The zero-order chi connectivity index (χ0) is 13.1. The fourth-order valence-corrected chi connectivity index (χ4v) is 2.38. The molecule has 1 unspecified atom stereocenters. The number of benzene rings is 1. The molecule has 0 radical (unpaired) electrons. The molecule has 1 heterocycles. The highest BCUT2D eigenvalue weighted by Crippen LogP contribution is 2.19. The van der Waals surface area contributed by atoms with Gasteiger partial charge in [0.2, 0.25) is 0 Å². The van der Waals surface area contributed by atoms with Gasteiger partial charge in [-0.2, -0.15) is 0 Å². The maximum atomic E-state index is 12.2. The molecule has 1 fully saturated rings. The lowest BCUT2D eigenvalue weighted by atomic mass is 10.1. The van der Waals surface area contributed by atoms with E-state index >= 15 is 0 Å². The number of ether oxygens (including phenoxy) is 1. The van der Waals surface area contributed by atoms with Crippen molar-refractivity contribution in [1.82, 2.24) is 4.90 Å². The molecule has 1 aromatic carbocycles. The maximum Gasteiger partial charge on any atom is 0.253 e. The molecule has 1 saturated heterocycles. The predicted octanol–water partition coefficient (Wildman–Crippen LogP) is 2.17. The second-order valence-electron chi connectivity index (χ2n) is 4.59. The fraction of sp³-hybridized carbons (Fsp3) is 0.462. The maximum absolute atomic E-state index is 12.2. The van der Waals surface area contributed by atoms with E-state index in [0.717, 1.165) is 19.4 Å². The van der Waals surface area contributed by atoms with E-state index in [1.807, 2.05) is 0 Å². The number of nitrogens with zero attached hydrogens (tertiary/aromatic N) is 1. The molecule has 0 aromatic heterocycles. The van der Waals surface area contributed by atoms with Crippen molar-refractivity contribution in [1.29, 1.82) is 0 Å². The first kappa shape index (κ1) is 13.2. The van der Waals surface area contributed by atoms with Crippen molar-refractivity contribution in [2.45, 2.75) is 18.9 Å². The summed E-state index contributed by atoms with van der Waals surface area (Å²) in [6.45, 7) is 1.39.